The zero-order valence-corrected chi connectivity index (χ0v) is 10.6. The molecule has 0 atom stereocenters. The van der Waals surface area contributed by atoms with E-state index in [1.54, 1.807) is 6.21 Å². The monoisotopic (exact) mass is 264 g/mol. The maximum atomic E-state index is 4.23. The summed E-state index contributed by atoms with van der Waals surface area (Å²) >= 11 is 0. The van der Waals surface area contributed by atoms with E-state index in [0.717, 1.165) is 11.3 Å². The average molecular weight is 264 g/mol. The highest BCUT2D eigenvalue weighted by Crippen LogP contribution is 2.11. The second-order valence-electron chi connectivity index (χ2n) is 4.04. The average Bonchev–Trinajstić information content (AvgIpc) is 2.94. The lowest BCUT2D eigenvalue weighted by Crippen LogP contribution is -2.01. The fraction of sp³-hybridized carbons (Fsp3) is 0. The molecule has 0 aliphatic rings. The summed E-state index contributed by atoms with van der Waals surface area (Å²) in [6.45, 7) is 0. The van der Waals surface area contributed by atoms with Gasteiger partial charge in [-0.25, -0.2) is 0 Å². The number of nitrogens with zero attached hydrogens (tertiary/aromatic N) is 5. The Morgan fingerprint density at radius 1 is 0.950 bits per heavy atom. The second-order valence-corrected chi connectivity index (χ2v) is 4.04. The predicted molar refractivity (Wildman–Crippen MR) is 77.0 cm³/mol. The molecule has 0 fully saturated rings. The summed E-state index contributed by atoms with van der Waals surface area (Å²) in [6.07, 6.45) is 1.70. The van der Waals surface area contributed by atoms with Gasteiger partial charge in [-0.3, -0.25) is 0 Å². The third-order valence-electron chi connectivity index (χ3n) is 2.60. The molecule has 0 spiro atoms. The van der Waals surface area contributed by atoms with Crippen LogP contribution >= 0.6 is 0 Å². The largest absolute Gasteiger partial charge is 0.321 e. The van der Waals surface area contributed by atoms with Crippen molar-refractivity contribution in [1.82, 2.24) is 20.3 Å². The molecule has 98 valence electrons. The smallest absolute Gasteiger partial charge is 0.269 e. The minimum Gasteiger partial charge on any atom is -0.321 e. The normalized spacial score (nSPS) is 10.8. The third-order valence-corrected chi connectivity index (χ3v) is 2.60. The molecule has 0 aliphatic carbocycles. The first-order valence-corrected chi connectivity index (χ1v) is 6.12. The Morgan fingerprint density at radius 2 is 1.65 bits per heavy atom. The van der Waals surface area contributed by atoms with Crippen LogP contribution in [0.15, 0.2) is 65.8 Å². The molecule has 0 unspecified atom stereocenters. The maximum Gasteiger partial charge on any atom is 0.269 e. The SMILES string of the molecule is C(=Nn1nnnc1Nc1ccccc1)c1ccccc1. The molecule has 20 heavy (non-hydrogen) atoms. The number of rotatable bonds is 4. The van der Waals surface area contributed by atoms with Crippen molar-refractivity contribution in [2.45, 2.75) is 0 Å². The van der Waals surface area contributed by atoms with Gasteiger partial charge in [0.25, 0.3) is 5.95 Å². The highest BCUT2D eigenvalue weighted by atomic mass is 15.7. The first-order valence-electron chi connectivity index (χ1n) is 6.12. The van der Waals surface area contributed by atoms with E-state index in [2.05, 4.69) is 25.9 Å². The van der Waals surface area contributed by atoms with Gasteiger partial charge in [-0.2, -0.15) is 5.10 Å². The quantitative estimate of drug-likeness (QED) is 0.734. The van der Waals surface area contributed by atoms with Crippen molar-refractivity contribution in [3.63, 3.8) is 0 Å². The van der Waals surface area contributed by atoms with Crippen LogP contribution in [0.3, 0.4) is 0 Å². The molecule has 0 saturated carbocycles. The molecule has 0 bridgehead atoms. The number of para-hydroxylation sites is 1. The fourth-order valence-electron chi connectivity index (χ4n) is 1.65. The summed E-state index contributed by atoms with van der Waals surface area (Å²) in [5.74, 6) is 0.461. The number of aromatic nitrogens is 4. The van der Waals surface area contributed by atoms with E-state index in [1.807, 2.05) is 60.7 Å². The van der Waals surface area contributed by atoms with E-state index in [4.69, 9.17) is 0 Å². The van der Waals surface area contributed by atoms with Gasteiger partial charge in [-0.1, -0.05) is 58.4 Å². The molecular formula is C14H12N6. The van der Waals surface area contributed by atoms with E-state index in [9.17, 15) is 0 Å². The van der Waals surface area contributed by atoms with Gasteiger partial charge < -0.3 is 5.32 Å². The van der Waals surface area contributed by atoms with Crippen LogP contribution in [0.5, 0.6) is 0 Å². The lowest BCUT2D eigenvalue weighted by atomic mass is 10.2. The molecule has 6 nitrogen and oxygen atoms in total. The Balaban J connectivity index is 1.79. The molecule has 1 heterocycles. The molecule has 0 saturated heterocycles. The van der Waals surface area contributed by atoms with Crippen LogP contribution in [0.1, 0.15) is 5.56 Å². The van der Waals surface area contributed by atoms with Crippen LogP contribution in [-0.2, 0) is 0 Å². The highest BCUT2D eigenvalue weighted by Gasteiger charge is 2.04. The van der Waals surface area contributed by atoms with Gasteiger partial charge in [0, 0.05) is 5.69 Å². The van der Waals surface area contributed by atoms with E-state index in [1.165, 1.54) is 4.79 Å². The standard InChI is InChI=1S/C14H12N6/c1-3-7-12(8-4-1)11-15-20-14(17-18-19-20)16-13-9-5-2-6-10-13/h1-11H,(H,16,17,19). The van der Waals surface area contributed by atoms with Gasteiger partial charge in [-0.05, 0) is 28.1 Å². The summed E-state index contributed by atoms with van der Waals surface area (Å²) in [5.41, 5.74) is 1.88. The summed E-state index contributed by atoms with van der Waals surface area (Å²) < 4.78 is 0. The van der Waals surface area contributed by atoms with Gasteiger partial charge in [0.1, 0.15) is 0 Å². The van der Waals surface area contributed by atoms with E-state index in [0.29, 0.717) is 5.95 Å². The van der Waals surface area contributed by atoms with Crippen molar-refractivity contribution in [3.05, 3.63) is 66.2 Å². The van der Waals surface area contributed by atoms with E-state index >= 15 is 0 Å². The second kappa shape index (κ2) is 5.75. The summed E-state index contributed by atoms with van der Waals surface area (Å²) in [4.78, 5) is 1.35. The first-order chi connectivity index (χ1) is 9.92. The Labute approximate surface area is 115 Å². The van der Waals surface area contributed by atoms with Gasteiger partial charge in [0.15, 0.2) is 0 Å². The molecule has 2 aromatic carbocycles. The van der Waals surface area contributed by atoms with Crippen LogP contribution in [0.25, 0.3) is 0 Å². The summed E-state index contributed by atoms with van der Waals surface area (Å²) in [7, 11) is 0. The zero-order valence-electron chi connectivity index (χ0n) is 10.6. The predicted octanol–water partition coefficient (Wildman–Crippen LogP) is 2.30. The minimum absolute atomic E-state index is 0.461. The first kappa shape index (κ1) is 12.0. The lowest BCUT2D eigenvalue weighted by molar-refractivity contribution is 0.699. The van der Waals surface area contributed by atoms with Crippen molar-refractivity contribution >= 4 is 17.9 Å². The van der Waals surface area contributed by atoms with Crippen molar-refractivity contribution < 1.29 is 0 Å². The fourth-order valence-corrected chi connectivity index (χ4v) is 1.65. The number of tetrazole rings is 1. The van der Waals surface area contributed by atoms with Crippen LogP contribution in [-0.4, -0.2) is 26.5 Å². The van der Waals surface area contributed by atoms with Crippen LogP contribution in [0, 0.1) is 0 Å². The van der Waals surface area contributed by atoms with Crippen LogP contribution < -0.4 is 5.32 Å². The molecular weight excluding hydrogens is 252 g/mol. The maximum absolute atomic E-state index is 4.23. The van der Waals surface area contributed by atoms with Crippen molar-refractivity contribution in [1.29, 1.82) is 0 Å². The van der Waals surface area contributed by atoms with Crippen molar-refractivity contribution in [2.24, 2.45) is 5.10 Å². The Bertz CT molecular complexity index is 690. The molecule has 0 radical (unpaired) electrons. The number of hydrogen-bond donors (Lipinski definition) is 1. The summed E-state index contributed by atoms with van der Waals surface area (Å²) in [6, 6.07) is 19.4. The number of benzene rings is 2. The number of anilines is 2. The van der Waals surface area contributed by atoms with E-state index < -0.39 is 0 Å². The Hall–Kier alpha value is -3.02. The third kappa shape index (κ3) is 2.86. The Kier molecular flexibility index (Phi) is 3.46. The summed E-state index contributed by atoms with van der Waals surface area (Å²) in [5, 5.41) is 18.7. The topological polar surface area (TPSA) is 68.0 Å². The van der Waals surface area contributed by atoms with E-state index in [-0.39, 0.29) is 0 Å². The molecule has 0 amide bonds. The lowest BCUT2D eigenvalue weighted by Gasteiger charge is -2.02. The zero-order chi connectivity index (χ0) is 13.6. The molecule has 3 aromatic rings. The molecule has 0 aliphatic heterocycles. The Morgan fingerprint density at radius 3 is 2.40 bits per heavy atom. The molecule has 3 rings (SSSR count). The van der Waals surface area contributed by atoms with Crippen LogP contribution in [0.4, 0.5) is 11.6 Å². The highest BCUT2D eigenvalue weighted by molar-refractivity contribution is 5.79. The molecule has 6 heteroatoms. The van der Waals surface area contributed by atoms with Gasteiger partial charge >= 0.3 is 0 Å². The minimum atomic E-state index is 0.461. The number of nitrogens with one attached hydrogen (secondary N) is 1. The van der Waals surface area contributed by atoms with Crippen LogP contribution in [0.2, 0.25) is 0 Å². The van der Waals surface area contributed by atoms with Crippen molar-refractivity contribution in [3.8, 4) is 0 Å². The molecule has 1 N–H and O–H groups in total. The van der Waals surface area contributed by atoms with Gasteiger partial charge in [0.05, 0.1) is 6.21 Å². The molecule has 1 aromatic heterocycles. The number of hydrogen-bond acceptors (Lipinski definition) is 5. The van der Waals surface area contributed by atoms with Crippen molar-refractivity contribution in [2.75, 3.05) is 5.32 Å². The van der Waals surface area contributed by atoms with Gasteiger partial charge in [0.2, 0.25) is 0 Å². The van der Waals surface area contributed by atoms with Gasteiger partial charge in [-0.15, -0.1) is 0 Å².